The number of rotatable bonds is 6. The van der Waals surface area contributed by atoms with Crippen LogP contribution in [0.1, 0.15) is 35.7 Å². The lowest BCUT2D eigenvalue weighted by Gasteiger charge is -2.31. The number of amides is 1. The Labute approximate surface area is 215 Å². The summed E-state index contributed by atoms with van der Waals surface area (Å²) in [7, 11) is -4.38. The Bertz CT molecular complexity index is 1550. The van der Waals surface area contributed by atoms with Crippen LogP contribution < -0.4 is 10.2 Å². The SMILES string of the molecule is CCOC(=O)[C@H]1CCCN(C(=O)c2c[nH]c3ccc(S(=O)(=O)Nc4cccc(C(F)(F)F)c4)cc3c2=O)C1. The average molecular weight is 552 g/mol. The zero-order chi connectivity index (χ0) is 27.7. The van der Waals surface area contributed by atoms with E-state index in [0.717, 1.165) is 18.2 Å². The number of aromatic nitrogens is 1. The molecule has 2 heterocycles. The second kappa shape index (κ2) is 10.5. The topological polar surface area (TPSA) is 126 Å². The molecular weight excluding hydrogens is 527 g/mol. The number of alkyl halides is 3. The van der Waals surface area contributed by atoms with Crippen LogP contribution in [0.25, 0.3) is 10.9 Å². The molecule has 13 heteroatoms. The second-order valence-electron chi connectivity index (χ2n) is 8.77. The van der Waals surface area contributed by atoms with E-state index in [4.69, 9.17) is 4.74 Å². The maximum absolute atomic E-state index is 13.2. The number of sulfonamides is 1. The van der Waals surface area contributed by atoms with Crippen molar-refractivity contribution in [2.24, 2.45) is 5.92 Å². The van der Waals surface area contributed by atoms with Crippen LogP contribution in [0.4, 0.5) is 18.9 Å². The van der Waals surface area contributed by atoms with Gasteiger partial charge in [0.25, 0.3) is 15.9 Å². The molecule has 4 rings (SSSR count). The monoisotopic (exact) mass is 551 g/mol. The average Bonchev–Trinajstić information content (AvgIpc) is 2.88. The minimum absolute atomic E-state index is 0.0878. The Morgan fingerprint density at radius 1 is 1.18 bits per heavy atom. The van der Waals surface area contributed by atoms with Gasteiger partial charge < -0.3 is 14.6 Å². The summed E-state index contributed by atoms with van der Waals surface area (Å²) in [6.45, 7) is 2.31. The summed E-state index contributed by atoms with van der Waals surface area (Å²) >= 11 is 0. The van der Waals surface area contributed by atoms with Crippen molar-refractivity contribution < 1.29 is 35.9 Å². The number of hydrogen-bond donors (Lipinski definition) is 2. The predicted molar refractivity (Wildman–Crippen MR) is 132 cm³/mol. The van der Waals surface area contributed by atoms with Gasteiger partial charge in [-0.15, -0.1) is 0 Å². The smallest absolute Gasteiger partial charge is 0.416 e. The van der Waals surface area contributed by atoms with E-state index in [2.05, 4.69) is 9.71 Å². The van der Waals surface area contributed by atoms with Gasteiger partial charge in [0.15, 0.2) is 0 Å². The molecule has 0 saturated carbocycles. The van der Waals surface area contributed by atoms with Crippen LogP contribution >= 0.6 is 0 Å². The number of piperidine rings is 1. The van der Waals surface area contributed by atoms with Gasteiger partial charge in [0.2, 0.25) is 5.43 Å². The highest BCUT2D eigenvalue weighted by Gasteiger charge is 2.32. The lowest BCUT2D eigenvalue weighted by atomic mass is 9.97. The van der Waals surface area contributed by atoms with Crippen molar-refractivity contribution in [3.05, 3.63) is 70.0 Å². The van der Waals surface area contributed by atoms with E-state index in [1.54, 1.807) is 6.92 Å². The first-order valence-electron chi connectivity index (χ1n) is 11.7. The second-order valence-corrected chi connectivity index (χ2v) is 10.4. The molecule has 1 aliphatic heterocycles. The minimum Gasteiger partial charge on any atom is -0.466 e. The van der Waals surface area contributed by atoms with Crippen molar-refractivity contribution in [3.63, 3.8) is 0 Å². The molecule has 0 unspecified atom stereocenters. The Balaban J connectivity index is 1.63. The number of nitrogens with zero attached hydrogens (tertiary/aromatic N) is 1. The minimum atomic E-state index is -4.66. The van der Waals surface area contributed by atoms with Gasteiger partial charge in [-0.05, 0) is 56.2 Å². The number of likely N-dealkylation sites (tertiary alicyclic amines) is 1. The molecule has 1 amide bonds. The molecule has 2 N–H and O–H groups in total. The van der Waals surface area contributed by atoms with E-state index in [1.807, 2.05) is 0 Å². The van der Waals surface area contributed by atoms with Gasteiger partial charge in [-0.25, -0.2) is 8.42 Å². The molecule has 2 aromatic carbocycles. The van der Waals surface area contributed by atoms with E-state index in [9.17, 15) is 36.0 Å². The number of benzene rings is 2. The third-order valence-corrected chi connectivity index (χ3v) is 7.54. The van der Waals surface area contributed by atoms with E-state index in [-0.39, 0.29) is 40.2 Å². The number of esters is 1. The summed E-state index contributed by atoms with van der Waals surface area (Å²) in [5.41, 5.74) is -2.04. The Kier molecular flexibility index (Phi) is 7.49. The first-order valence-corrected chi connectivity index (χ1v) is 13.2. The number of hydrogen-bond acceptors (Lipinski definition) is 6. The van der Waals surface area contributed by atoms with Gasteiger partial charge in [-0.3, -0.25) is 19.1 Å². The van der Waals surface area contributed by atoms with Crippen molar-refractivity contribution >= 4 is 38.5 Å². The Morgan fingerprint density at radius 2 is 1.95 bits per heavy atom. The number of halogens is 3. The molecule has 3 aromatic rings. The molecule has 1 aliphatic rings. The van der Waals surface area contributed by atoms with Crippen molar-refractivity contribution in [1.82, 2.24) is 9.88 Å². The predicted octanol–water partition coefficient (Wildman–Crippen LogP) is 3.76. The maximum atomic E-state index is 13.2. The molecular formula is C25H24F3N3O6S. The fourth-order valence-electron chi connectivity index (χ4n) is 4.28. The van der Waals surface area contributed by atoms with Gasteiger partial charge in [-0.2, -0.15) is 13.2 Å². The zero-order valence-corrected chi connectivity index (χ0v) is 21.0. The highest BCUT2D eigenvalue weighted by Crippen LogP contribution is 2.31. The molecule has 1 aromatic heterocycles. The zero-order valence-electron chi connectivity index (χ0n) is 20.2. The third kappa shape index (κ3) is 5.67. The fraction of sp³-hybridized carbons (Fsp3) is 0.320. The molecule has 1 atom stereocenters. The van der Waals surface area contributed by atoms with Gasteiger partial charge >= 0.3 is 12.1 Å². The molecule has 0 radical (unpaired) electrons. The number of ether oxygens (including phenoxy) is 1. The number of carbonyl (C=O) groups is 2. The standard InChI is InChI=1S/C25H24F3N3O6S/c1-2-37-24(34)15-5-4-10-31(14-15)23(33)20-13-29-21-9-8-18(12-19(21)22(20)32)38(35,36)30-17-7-3-6-16(11-17)25(26,27)28/h3,6-9,11-13,15,30H,2,4-5,10,14H2,1H3,(H,29,32)/t15-/m0/s1. The Morgan fingerprint density at radius 3 is 2.66 bits per heavy atom. The molecule has 202 valence electrons. The van der Waals surface area contributed by atoms with Crippen molar-refractivity contribution in [2.45, 2.75) is 30.8 Å². The van der Waals surface area contributed by atoms with Crippen molar-refractivity contribution in [2.75, 3.05) is 24.4 Å². The summed E-state index contributed by atoms with van der Waals surface area (Å²) in [5, 5.41) is -0.0956. The summed E-state index contributed by atoms with van der Waals surface area (Å²) in [4.78, 5) is 42.3. The number of pyridine rings is 1. The summed E-state index contributed by atoms with van der Waals surface area (Å²) < 4.78 is 72.0. The number of nitrogens with one attached hydrogen (secondary N) is 2. The van der Waals surface area contributed by atoms with Gasteiger partial charge in [0.05, 0.1) is 23.0 Å². The molecule has 0 bridgehead atoms. The van der Waals surface area contributed by atoms with Crippen LogP contribution in [-0.4, -0.2) is 49.9 Å². The van der Waals surface area contributed by atoms with Gasteiger partial charge in [0, 0.05) is 35.9 Å². The van der Waals surface area contributed by atoms with Crippen molar-refractivity contribution in [1.29, 1.82) is 0 Å². The molecule has 0 aliphatic carbocycles. The first kappa shape index (κ1) is 27.2. The molecule has 1 fully saturated rings. The van der Waals surface area contributed by atoms with Crippen LogP contribution in [0.3, 0.4) is 0 Å². The molecule has 38 heavy (non-hydrogen) atoms. The lowest BCUT2D eigenvalue weighted by Crippen LogP contribution is -2.44. The van der Waals surface area contributed by atoms with Crippen LogP contribution in [0.5, 0.6) is 0 Å². The number of aromatic amines is 1. The van der Waals surface area contributed by atoms with Crippen LogP contribution in [-0.2, 0) is 25.7 Å². The molecule has 0 spiro atoms. The van der Waals surface area contributed by atoms with Gasteiger partial charge in [-0.1, -0.05) is 6.07 Å². The Hall–Kier alpha value is -3.87. The number of carbonyl (C=O) groups excluding carboxylic acids is 2. The van der Waals surface area contributed by atoms with Gasteiger partial charge in [0.1, 0.15) is 5.56 Å². The fourth-order valence-corrected chi connectivity index (χ4v) is 5.36. The summed E-state index contributed by atoms with van der Waals surface area (Å²) in [5.74, 6) is -1.54. The highest BCUT2D eigenvalue weighted by molar-refractivity contribution is 7.92. The summed E-state index contributed by atoms with van der Waals surface area (Å²) in [6, 6.07) is 7.26. The maximum Gasteiger partial charge on any atom is 0.416 e. The van der Waals surface area contributed by atoms with Crippen molar-refractivity contribution in [3.8, 4) is 0 Å². The number of fused-ring (bicyclic) bond motifs is 1. The number of anilines is 1. The molecule has 1 saturated heterocycles. The lowest BCUT2D eigenvalue weighted by molar-refractivity contribution is -0.149. The van der Waals surface area contributed by atoms with Crippen LogP contribution in [0.2, 0.25) is 0 Å². The first-order chi connectivity index (χ1) is 17.9. The van der Waals surface area contributed by atoms with E-state index in [1.165, 1.54) is 29.3 Å². The number of H-pyrrole nitrogens is 1. The van der Waals surface area contributed by atoms with E-state index in [0.29, 0.717) is 25.5 Å². The molecule has 9 nitrogen and oxygen atoms in total. The normalized spacial score (nSPS) is 16.3. The third-order valence-electron chi connectivity index (χ3n) is 6.16. The van der Waals surface area contributed by atoms with E-state index < -0.39 is 45.0 Å². The van der Waals surface area contributed by atoms with Crippen LogP contribution in [0, 0.1) is 5.92 Å². The highest BCUT2D eigenvalue weighted by atomic mass is 32.2. The summed E-state index contributed by atoms with van der Waals surface area (Å²) in [6.07, 6.45) is -2.33. The van der Waals surface area contributed by atoms with Crippen LogP contribution in [0.15, 0.2) is 58.4 Å². The quantitative estimate of drug-likeness (QED) is 0.450. The van der Waals surface area contributed by atoms with E-state index >= 15 is 0 Å². The largest absolute Gasteiger partial charge is 0.466 e.